The van der Waals surface area contributed by atoms with Gasteiger partial charge in [-0.3, -0.25) is 0 Å². The highest BCUT2D eigenvalue weighted by Crippen LogP contribution is 2.43. The topological polar surface area (TPSA) is 9.23 Å². The Morgan fingerprint density at radius 3 is 1.81 bits per heavy atom. The molecule has 0 fully saturated rings. The van der Waals surface area contributed by atoms with Crippen LogP contribution in [-0.4, -0.2) is 14.4 Å². The molecular formula is C19H36OSi. The van der Waals surface area contributed by atoms with E-state index in [4.69, 9.17) is 4.43 Å². The van der Waals surface area contributed by atoms with Crippen LogP contribution in [0.25, 0.3) is 0 Å². The van der Waals surface area contributed by atoms with E-state index in [-0.39, 0.29) is 6.10 Å². The van der Waals surface area contributed by atoms with Crippen molar-refractivity contribution in [3.8, 4) is 11.8 Å². The standard InChI is InChI=1S/C19H36OSi/c1-10-12-18(9)14-19(13-11-2)20-21(15(3)4,16(5)6)17(7)8/h10,15-19H,1,12,14H2,2-9H3/t18-,19+/m0/s1. The highest BCUT2D eigenvalue weighted by atomic mass is 28.4. The number of hydrogen-bond donors (Lipinski definition) is 0. The molecule has 0 aromatic heterocycles. The summed E-state index contributed by atoms with van der Waals surface area (Å²) in [6.07, 6.45) is 4.11. The zero-order valence-corrected chi connectivity index (χ0v) is 16.5. The molecule has 0 radical (unpaired) electrons. The third kappa shape index (κ3) is 5.64. The maximum atomic E-state index is 6.81. The normalized spacial score (nSPS) is 15.0. The van der Waals surface area contributed by atoms with Gasteiger partial charge in [-0.25, -0.2) is 0 Å². The second kappa shape index (κ2) is 9.49. The summed E-state index contributed by atoms with van der Waals surface area (Å²) >= 11 is 0. The summed E-state index contributed by atoms with van der Waals surface area (Å²) in [5.41, 5.74) is 1.81. The molecule has 0 amide bonds. The van der Waals surface area contributed by atoms with Gasteiger partial charge in [0.2, 0.25) is 8.32 Å². The molecule has 0 aliphatic carbocycles. The lowest BCUT2D eigenvalue weighted by Gasteiger charge is -2.44. The van der Waals surface area contributed by atoms with E-state index in [9.17, 15) is 0 Å². The summed E-state index contributed by atoms with van der Waals surface area (Å²) < 4.78 is 6.81. The Kier molecular flexibility index (Phi) is 9.25. The summed E-state index contributed by atoms with van der Waals surface area (Å²) in [4.78, 5) is 0. The Morgan fingerprint density at radius 2 is 1.48 bits per heavy atom. The quantitative estimate of drug-likeness (QED) is 0.281. The monoisotopic (exact) mass is 308 g/mol. The molecule has 21 heavy (non-hydrogen) atoms. The minimum Gasteiger partial charge on any atom is -0.402 e. The van der Waals surface area contributed by atoms with Crippen molar-refractivity contribution in [2.45, 2.75) is 91.0 Å². The van der Waals surface area contributed by atoms with Crippen LogP contribution in [0.5, 0.6) is 0 Å². The summed E-state index contributed by atoms with van der Waals surface area (Å²) in [5.74, 6) is 6.97. The van der Waals surface area contributed by atoms with Gasteiger partial charge in [0, 0.05) is 0 Å². The third-order valence-electron chi connectivity index (χ3n) is 4.54. The molecule has 0 rings (SSSR count). The van der Waals surface area contributed by atoms with E-state index in [2.05, 4.69) is 66.9 Å². The molecule has 0 bridgehead atoms. The highest BCUT2D eigenvalue weighted by molar-refractivity contribution is 6.77. The Hall–Kier alpha value is -0.523. The summed E-state index contributed by atoms with van der Waals surface area (Å²) in [7, 11) is -1.85. The predicted octanol–water partition coefficient (Wildman–Crippen LogP) is 6.17. The second-order valence-electron chi connectivity index (χ2n) is 7.18. The highest BCUT2D eigenvalue weighted by Gasteiger charge is 2.46. The molecule has 0 heterocycles. The van der Waals surface area contributed by atoms with Crippen LogP contribution >= 0.6 is 0 Å². The Morgan fingerprint density at radius 1 is 1.00 bits per heavy atom. The molecule has 2 atom stereocenters. The van der Waals surface area contributed by atoms with E-state index < -0.39 is 8.32 Å². The van der Waals surface area contributed by atoms with Gasteiger partial charge in [0.15, 0.2) is 0 Å². The maximum absolute atomic E-state index is 6.81. The SMILES string of the molecule is C=CC[C@H](C)C[C@@H](C#CC)O[Si](C(C)C)(C(C)C)C(C)C. The molecule has 0 N–H and O–H groups in total. The van der Waals surface area contributed by atoms with Crippen LogP contribution < -0.4 is 0 Å². The Bertz CT molecular complexity index is 338. The third-order valence-corrected chi connectivity index (χ3v) is 10.7. The molecule has 2 heteroatoms. The van der Waals surface area contributed by atoms with Gasteiger partial charge < -0.3 is 4.43 Å². The Balaban J connectivity index is 5.30. The first kappa shape index (κ1) is 20.5. The van der Waals surface area contributed by atoms with E-state index >= 15 is 0 Å². The Labute approximate surface area is 134 Å². The van der Waals surface area contributed by atoms with Crippen molar-refractivity contribution in [3.63, 3.8) is 0 Å². The van der Waals surface area contributed by atoms with E-state index in [1.807, 2.05) is 13.0 Å². The zero-order valence-electron chi connectivity index (χ0n) is 15.5. The fraction of sp³-hybridized carbons (Fsp3) is 0.789. The molecule has 0 saturated heterocycles. The summed E-state index contributed by atoms with van der Waals surface area (Å²) in [6.45, 7) is 22.0. The van der Waals surface area contributed by atoms with Gasteiger partial charge in [0.05, 0.1) is 0 Å². The van der Waals surface area contributed by atoms with Gasteiger partial charge in [-0.05, 0) is 42.3 Å². The van der Waals surface area contributed by atoms with Crippen molar-refractivity contribution >= 4 is 8.32 Å². The summed E-state index contributed by atoms with van der Waals surface area (Å²) in [6, 6.07) is 0. The van der Waals surface area contributed by atoms with Crippen LogP contribution in [0.4, 0.5) is 0 Å². The van der Waals surface area contributed by atoms with E-state index in [0.29, 0.717) is 22.5 Å². The minimum absolute atomic E-state index is 0.0730. The van der Waals surface area contributed by atoms with Crippen molar-refractivity contribution in [3.05, 3.63) is 12.7 Å². The van der Waals surface area contributed by atoms with Gasteiger partial charge in [-0.2, -0.15) is 0 Å². The number of allylic oxidation sites excluding steroid dienone is 1. The van der Waals surface area contributed by atoms with Gasteiger partial charge in [-0.15, -0.1) is 12.5 Å². The molecule has 0 spiro atoms. The average Bonchev–Trinajstić information content (AvgIpc) is 2.34. The van der Waals surface area contributed by atoms with E-state index in [1.54, 1.807) is 0 Å². The first-order chi connectivity index (χ1) is 9.72. The molecule has 0 aliphatic heterocycles. The lowest BCUT2D eigenvalue weighted by Crippen LogP contribution is -2.50. The molecule has 0 aliphatic rings. The predicted molar refractivity (Wildman–Crippen MR) is 98.0 cm³/mol. The molecule has 0 saturated carbocycles. The van der Waals surface area contributed by atoms with E-state index in [0.717, 1.165) is 12.8 Å². The van der Waals surface area contributed by atoms with Crippen LogP contribution in [0, 0.1) is 17.8 Å². The molecule has 122 valence electrons. The van der Waals surface area contributed by atoms with Gasteiger partial charge in [0.1, 0.15) is 6.10 Å². The van der Waals surface area contributed by atoms with Crippen LogP contribution in [0.1, 0.15) is 68.2 Å². The van der Waals surface area contributed by atoms with Crippen LogP contribution in [0.3, 0.4) is 0 Å². The smallest absolute Gasteiger partial charge is 0.202 e. The van der Waals surface area contributed by atoms with Gasteiger partial charge in [0.25, 0.3) is 0 Å². The molecule has 1 nitrogen and oxygen atoms in total. The van der Waals surface area contributed by atoms with Crippen molar-refractivity contribution in [2.24, 2.45) is 5.92 Å². The van der Waals surface area contributed by atoms with Gasteiger partial charge >= 0.3 is 0 Å². The molecule has 0 aromatic carbocycles. The van der Waals surface area contributed by atoms with Crippen LogP contribution in [0.2, 0.25) is 16.6 Å². The van der Waals surface area contributed by atoms with Crippen molar-refractivity contribution in [1.29, 1.82) is 0 Å². The van der Waals surface area contributed by atoms with E-state index in [1.165, 1.54) is 0 Å². The van der Waals surface area contributed by atoms with Crippen LogP contribution in [-0.2, 0) is 4.43 Å². The maximum Gasteiger partial charge on any atom is 0.202 e. The van der Waals surface area contributed by atoms with Crippen molar-refractivity contribution < 1.29 is 4.43 Å². The largest absolute Gasteiger partial charge is 0.402 e. The molecule has 0 unspecified atom stereocenters. The lowest BCUT2D eigenvalue weighted by atomic mass is 10.0. The molecular weight excluding hydrogens is 272 g/mol. The fourth-order valence-electron chi connectivity index (χ4n) is 3.70. The van der Waals surface area contributed by atoms with Crippen molar-refractivity contribution in [2.75, 3.05) is 0 Å². The first-order valence-corrected chi connectivity index (χ1v) is 10.6. The zero-order chi connectivity index (χ0) is 16.6. The average molecular weight is 309 g/mol. The van der Waals surface area contributed by atoms with Crippen LogP contribution in [0.15, 0.2) is 12.7 Å². The summed E-state index contributed by atoms with van der Waals surface area (Å²) in [5, 5.41) is 0. The second-order valence-corrected chi connectivity index (χ2v) is 12.6. The fourth-order valence-corrected chi connectivity index (χ4v) is 9.16. The van der Waals surface area contributed by atoms with Crippen molar-refractivity contribution in [1.82, 2.24) is 0 Å². The first-order valence-electron chi connectivity index (χ1n) is 8.43. The molecule has 0 aromatic rings. The lowest BCUT2D eigenvalue weighted by molar-refractivity contribution is 0.196. The minimum atomic E-state index is -1.85. The van der Waals surface area contributed by atoms with Gasteiger partial charge in [-0.1, -0.05) is 60.5 Å². The number of rotatable bonds is 9. The number of hydrogen-bond acceptors (Lipinski definition) is 1.